The zero-order valence-electron chi connectivity index (χ0n) is 21.5. The molecule has 0 bridgehead atoms. The first-order chi connectivity index (χ1) is 18.0. The van der Waals surface area contributed by atoms with E-state index in [0.717, 1.165) is 42.4 Å². The molecule has 5 nitrogen and oxygen atoms in total. The molecule has 0 saturated carbocycles. The minimum absolute atomic E-state index is 0.0735. The van der Waals surface area contributed by atoms with Gasteiger partial charge in [0.05, 0.1) is 7.11 Å². The predicted octanol–water partition coefficient (Wildman–Crippen LogP) is 6.22. The molecule has 1 atom stereocenters. The fraction of sp³-hybridized carbons (Fsp3) is 0.290. The zero-order valence-corrected chi connectivity index (χ0v) is 22.2. The number of hydrogen-bond donors (Lipinski definition) is 1. The van der Waals surface area contributed by atoms with Gasteiger partial charge in [-0.05, 0) is 66.8 Å². The minimum atomic E-state index is -0.102. The van der Waals surface area contributed by atoms with Crippen LogP contribution in [0, 0.1) is 0 Å². The van der Waals surface area contributed by atoms with E-state index in [0.29, 0.717) is 18.7 Å². The average molecular weight is 516 g/mol. The van der Waals surface area contributed by atoms with E-state index in [9.17, 15) is 4.79 Å². The van der Waals surface area contributed by atoms with Crippen molar-refractivity contribution in [1.29, 1.82) is 0 Å². The lowest BCUT2D eigenvalue weighted by atomic mass is 10.1. The summed E-state index contributed by atoms with van der Waals surface area (Å²) in [4.78, 5) is 19.9. The maximum absolute atomic E-state index is 12.8. The van der Waals surface area contributed by atoms with E-state index in [1.807, 2.05) is 67.6 Å². The Bertz CT molecular complexity index is 1220. The number of amides is 1. The summed E-state index contributed by atoms with van der Waals surface area (Å²) in [6.45, 7) is 4.22. The van der Waals surface area contributed by atoms with E-state index in [2.05, 4.69) is 34.5 Å². The molecule has 1 N–H and O–H groups in total. The Labute approximate surface area is 224 Å². The molecule has 1 amide bonds. The monoisotopic (exact) mass is 515 g/mol. The summed E-state index contributed by atoms with van der Waals surface area (Å²) in [5.74, 6) is 0.737. The Hall–Kier alpha value is -3.41. The number of carbonyl (C=O) groups excluding carboxylic acids is 1. The van der Waals surface area contributed by atoms with Crippen LogP contribution >= 0.6 is 11.6 Å². The van der Waals surface area contributed by atoms with Crippen LogP contribution in [0.5, 0.6) is 5.75 Å². The normalized spacial score (nSPS) is 13.7. The lowest BCUT2D eigenvalue weighted by Gasteiger charge is -2.23. The molecule has 4 rings (SSSR count). The van der Waals surface area contributed by atoms with Crippen LogP contribution in [0.2, 0.25) is 5.02 Å². The number of nitrogens with zero attached hydrogens (tertiary/aromatic N) is 2. The highest BCUT2D eigenvalue weighted by Gasteiger charge is 2.19. The highest BCUT2D eigenvalue weighted by Crippen LogP contribution is 2.19. The predicted molar refractivity (Wildman–Crippen MR) is 151 cm³/mol. The van der Waals surface area contributed by atoms with Crippen molar-refractivity contribution in [1.82, 2.24) is 10.2 Å². The van der Waals surface area contributed by atoms with E-state index in [-0.39, 0.29) is 11.9 Å². The van der Waals surface area contributed by atoms with E-state index in [1.54, 1.807) is 7.11 Å². The van der Waals surface area contributed by atoms with E-state index < -0.39 is 0 Å². The highest BCUT2D eigenvalue weighted by atomic mass is 35.5. The lowest BCUT2D eigenvalue weighted by molar-refractivity contribution is -0.118. The molecular weight excluding hydrogens is 482 g/mol. The molecule has 3 aromatic rings. The second-order valence-electron chi connectivity index (χ2n) is 9.49. The van der Waals surface area contributed by atoms with Gasteiger partial charge in [-0.3, -0.25) is 14.7 Å². The summed E-state index contributed by atoms with van der Waals surface area (Å²) in [6.07, 6.45) is 4.43. The first-order valence-electron chi connectivity index (χ1n) is 12.7. The van der Waals surface area contributed by atoms with Crippen LogP contribution < -0.4 is 10.1 Å². The van der Waals surface area contributed by atoms with Gasteiger partial charge in [-0.2, -0.15) is 0 Å². The molecule has 6 heteroatoms. The van der Waals surface area contributed by atoms with Crippen molar-refractivity contribution in [3.63, 3.8) is 0 Å². The van der Waals surface area contributed by atoms with E-state index in [1.165, 1.54) is 16.7 Å². The molecule has 3 aromatic carbocycles. The maximum Gasteiger partial charge on any atom is 0.269 e. The van der Waals surface area contributed by atoms with Crippen LogP contribution in [0.4, 0.5) is 0 Å². The Morgan fingerprint density at radius 2 is 1.59 bits per heavy atom. The third-order valence-corrected chi connectivity index (χ3v) is 6.67. The van der Waals surface area contributed by atoms with Gasteiger partial charge >= 0.3 is 0 Å². The number of benzene rings is 3. The lowest BCUT2D eigenvalue weighted by Crippen LogP contribution is -2.33. The standard InChI is InChI=1S/C31H34ClN3O2/c1-23(8-9-24-6-4-3-5-7-24)33-31(36)30-19-16-28(34-30)22-35(20-25-10-14-27(32)15-11-25)21-26-12-17-29(37-2)18-13-26/h3-7,10-15,17-19,23H,8-9,16,20-22H2,1-2H3,(H,33,36). The Morgan fingerprint density at radius 1 is 0.946 bits per heavy atom. The van der Waals surface area contributed by atoms with Crippen molar-refractivity contribution in [3.8, 4) is 5.75 Å². The molecule has 1 aliphatic rings. The number of halogens is 1. The molecule has 1 aliphatic heterocycles. The van der Waals surface area contributed by atoms with Gasteiger partial charge in [0.1, 0.15) is 11.4 Å². The SMILES string of the molecule is COc1ccc(CN(CC2=NC(C(=O)NC(C)CCc3ccccc3)=CC2)Cc2ccc(Cl)cc2)cc1. The topological polar surface area (TPSA) is 53.9 Å². The fourth-order valence-electron chi connectivity index (χ4n) is 4.38. The smallest absolute Gasteiger partial charge is 0.269 e. The van der Waals surface area contributed by atoms with Crippen LogP contribution in [0.25, 0.3) is 0 Å². The quantitative estimate of drug-likeness (QED) is 0.311. The number of aliphatic imine (C=N–C) groups is 1. The van der Waals surface area contributed by atoms with Gasteiger partial charge in [0.25, 0.3) is 5.91 Å². The summed E-state index contributed by atoms with van der Waals surface area (Å²) < 4.78 is 5.30. The number of allylic oxidation sites excluding steroid dienone is 1. The number of nitrogens with one attached hydrogen (secondary N) is 1. The van der Waals surface area contributed by atoms with Gasteiger partial charge in [0, 0.05) is 42.8 Å². The molecule has 0 radical (unpaired) electrons. The van der Waals surface area contributed by atoms with Gasteiger partial charge < -0.3 is 10.1 Å². The molecular formula is C31H34ClN3O2. The Morgan fingerprint density at radius 3 is 2.24 bits per heavy atom. The molecule has 0 aliphatic carbocycles. The highest BCUT2D eigenvalue weighted by molar-refractivity contribution is 6.30. The van der Waals surface area contributed by atoms with Gasteiger partial charge in [-0.15, -0.1) is 0 Å². The Balaban J connectivity index is 1.36. The van der Waals surface area contributed by atoms with Gasteiger partial charge in [-0.1, -0.05) is 66.2 Å². The summed E-state index contributed by atoms with van der Waals surface area (Å²) >= 11 is 6.09. The van der Waals surface area contributed by atoms with Crippen LogP contribution in [0.1, 0.15) is 36.5 Å². The summed E-state index contributed by atoms with van der Waals surface area (Å²) in [5.41, 5.74) is 5.14. The van der Waals surface area contributed by atoms with Crippen molar-refractivity contribution in [3.05, 3.63) is 112 Å². The molecule has 1 unspecified atom stereocenters. The molecule has 37 heavy (non-hydrogen) atoms. The number of rotatable bonds is 12. The summed E-state index contributed by atoms with van der Waals surface area (Å²) in [5, 5.41) is 3.83. The second-order valence-corrected chi connectivity index (χ2v) is 9.93. The van der Waals surface area contributed by atoms with E-state index in [4.69, 9.17) is 21.3 Å². The number of ether oxygens (including phenoxy) is 1. The molecule has 0 aromatic heterocycles. The third-order valence-electron chi connectivity index (χ3n) is 6.42. The largest absolute Gasteiger partial charge is 0.497 e. The van der Waals surface area contributed by atoms with Crippen LogP contribution in [-0.2, 0) is 24.3 Å². The summed E-state index contributed by atoms with van der Waals surface area (Å²) in [7, 11) is 1.67. The number of hydrogen-bond acceptors (Lipinski definition) is 4. The zero-order chi connectivity index (χ0) is 26.0. The van der Waals surface area contributed by atoms with Crippen molar-refractivity contribution in [2.24, 2.45) is 4.99 Å². The molecule has 1 heterocycles. The van der Waals surface area contributed by atoms with Crippen molar-refractivity contribution in [2.75, 3.05) is 13.7 Å². The number of carbonyl (C=O) groups is 1. The molecule has 0 fully saturated rings. The third kappa shape index (κ3) is 8.31. The van der Waals surface area contributed by atoms with Gasteiger partial charge in [-0.25, -0.2) is 0 Å². The van der Waals surface area contributed by atoms with Crippen LogP contribution in [-0.4, -0.2) is 36.2 Å². The van der Waals surface area contributed by atoms with E-state index >= 15 is 0 Å². The van der Waals surface area contributed by atoms with Gasteiger partial charge in [0.15, 0.2) is 0 Å². The van der Waals surface area contributed by atoms with Crippen molar-refractivity contribution < 1.29 is 9.53 Å². The van der Waals surface area contributed by atoms with Crippen LogP contribution in [0.15, 0.2) is 95.6 Å². The van der Waals surface area contributed by atoms with Crippen molar-refractivity contribution in [2.45, 2.75) is 45.3 Å². The number of methoxy groups -OCH3 is 1. The molecule has 0 saturated heterocycles. The van der Waals surface area contributed by atoms with Gasteiger partial charge in [0.2, 0.25) is 0 Å². The molecule has 0 spiro atoms. The summed E-state index contributed by atoms with van der Waals surface area (Å²) in [6, 6.07) is 26.5. The molecule has 192 valence electrons. The second kappa shape index (κ2) is 13.2. The van der Waals surface area contributed by atoms with Crippen molar-refractivity contribution >= 4 is 23.2 Å². The van der Waals surface area contributed by atoms with Crippen LogP contribution in [0.3, 0.4) is 0 Å². The maximum atomic E-state index is 12.8. The average Bonchev–Trinajstić information content (AvgIpc) is 3.38. The number of aryl methyl sites for hydroxylation is 1. The Kier molecular flexibility index (Phi) is 9.52. The fourth-order valence-corrected chi connectivity index (χ4v) is 4.51. The first kappa shape index (κ1) is 26.6. The first-order valence-corrected chi connectivity index (χ1v) is 13.1. The minimum Gasteiger partial charge on any atom is -0.497 e.